The minimum absolute atomic E-state index is 0.150. The Labute approximate surface area is 184 Å². The van der Waals surface area contributed by atoms with Gasteiger partial charge >= 0.3 is 12.1 Å². The Hall–Kier alpha value is -2.00. The summed E-state index contributed by atoms with van der Waals surface area (Å²) in [6, 6.07) is 1.51. The van der Waals surface area contributed by atoms with E-state index < -0.39 is 23.5 Å². The van der Waals surface area contributed by atoms with Crippen molar-refractivity contribution in [3.05, 3.63) is 21.7 Å². The van der Waals surface area contributed by atoms with Crippen LogP contribution in [0, 0.1) is 6.92 Å². The lowest BCUT2D eigenvalue weighted by Crippen LogP contribution is -2.54. The van der Waals surface area contributed by atoms with E-state index in [0.29, 0.717) is 46.5 Å². The first kappa shape index (κ1) is 22.7. The molecule has 9 heteroatoms. The Morgan fingerprint density at radius 3 is 2.47 bits per heavy atom. The van der Waals surface area contributed by atoms with Gasteiger partial charge in [-0.15, -0.1) is 0 Å². The molecule has 1 unspecified atom stereocenters. The summed E-state index contributed by atoms with van der Waals surface area (Å²) in [6.45, 7) is 9.37. The molecule has 1 N–H and O–H groups in total. The number of nitrogens with one attached hydrogen (secondary N) is 1. The lowest BCUT2D eigenvalue weighted by molar-refractivity contribution is -0.185. The molecule has 1 aromatic carbocycles. The van der Waals surface area contributed by atoms with Crippen LogP contribution >= 0.6 is 15.9 Å². The molecule has 166 valence electrons. The van der Waals surface area contributed by atoms with Crippen molar-refractivity contribution in [2.45, 2.75) is 71.0 Å². The van der Waals surface area contributed by atoms with Crippen LogP contribution in [0.5, 0.6) is 11.5 Å². The largest absolute Gasteiger partial charge is 0.465 e. The molecule has 30 heavy (non-hydrogen) atoms. The second-order valence-corrected chi connectivity index (χ2v) is 9.50. The predicted octanol–water partition coefficient (Wildman–Crippen LogP) is 4.10. The zero-order valence-corrected chi connectivity index (χ0v) is 19.7. The van der Waals surface area contributed by atoms with Crippen LogP contribution in [0.15, 0.2) is 10.5 Å². The molecule has 2 aliphatic heterocycles. The van der Waals surface area contributed by atoms with Gasteiger partial charge in [0.2, 0.25) is 0 Å². The van der Waals surface area contributed by atoms with Crippen molar-refractivity contribution in [1.82, 2.24) is 5.32 Å². The molecule has 0 radical (unpaired) electrons. The van der Waals surface area contributed by atoms with Crippen molar-refractivity contribution in [3.63, 3.8) is 0 Å². The lowest BCUT2D eigenvalue weighted by atomic mass is 9.99. The molecule has 1 fully saturated rings. The Kier molecular flexibility index (Phi) is 6.25. The second-order valence-electron chi connectivity index (χ2n) is 8.64. The maximum absolute atomic E-state index is 12.1. The van der Waals surface area contributed by atoms with Crippen LogP contribution in [0.4, 0.5) is 4.79 Å². The summed E-state index contributed by atoms with van der Waals surface area (Å²) >= 11 is 3.45. The van der Waals surface area contributed by atoms with Crippen molar-refractivity contribution in [2.24, 2.45) is 0 Å². The van der Waals surface area contributed by atoms with Gasteiger partial charge in [-0.3, -0.25) is 0 Å². The molecule has 2 heterocycles. The number of carbonyl (C=O) groups is 2. The predicted molar refractivity (Wildman–Crippen MR) is 112 cm³/mol. The zero-order chi connectivity index (χ0) is 22.3. The summed E-state index contributed by atoms with van der Waals surface area (Å²) in [5.41, 5.74) is 0.493. The van der Waals surface area contributed by atoms with Crippen LogP contribution in [0.3, 0.4) is 0 Å². The van der Waals surface area contributed by atoms with Crippen LogP contribution in [0.25, 0.3) is 0 Å². The number of halogens is 1. The summed E-state index contributed by atoms with van der Waals surface area (Å²) in [4.78, 5) is 24.0. The molecule has 0 spiro atoms. The third kappa shape index (κ3) is 4.67. The highest BCUT2D eigenvalue weighted by Gasteiger charge is 2.48. The number of esters is 1. The molecule has 1 amide bonds. The van der Waals surface area contributed by atoms with Crippen LogP contribution < -0.4 is 14.8 Å². The van der Waals surface area contributed by atoms with E-state index in [2.05, 4.69) is 21.2 Å². The van der Waals surface area contributed by atoms with Gasteiger partial charge in [-0.1, -0.05) is 0 Å². The van der Waals surface area contributed by atoms with Gasteiger partial charge in [-0.05, 0) is 62.5 Å². The van der Waals surface area contributed by atoms with Crippen LogP contribution in [0.2, 0.25) is 0 Å². The van der Waals surface area contributed by atoms with E-state index in [-0.39, 0.29) is 12.1 Å². The molecule has 3 atom stereocenters. The highest BCUT2D eigenvalue weighted by Crippen LogP contribution is 2.49. The number of hydrogen-bond donors (Lipinski definition) is 1. The van der Waals surface area contributed by atoms with E-state index in [1.165, 1.54) is 7.11 Å². The number of fused-ring (bicyclic) bond motifs is 1. The van der Waals surface area contributed by atoms with Gasteiger partial charge in [0.15, 0.2) is 11.5 Å². The maximum atomic E-state index is 12.1. The van der Waals surface area contributed by atoms with Gasteiger partial charge in [-0.25, -0.2) is 9.59 Å². The van der Waals surface area contributed by atoms with Gasteiger partial charge in [0.1, 0.15) is 11.7 Å². The SMILES string of the molecule is COC(=O)c1cc(Br)c2c(c1C)OC(C)([C@@H]1CC[C@@H](NC(=O)OC(C)(C)C)CO1)O2. The van der Waals surface area contributed by atoms with E-state index in [4.69, 9.17) is 23.7 Å². The summed E-state index contributed by atoms with van der Waals surface area (Å²) in [7, 11) is 1.34. The molecule has 0 aliphatic carbocycles. The van der Waals surface area contributed by atoms with Crippen molar-refractivity contribution >= 4 is 28.0 Å². The summed E-state index contributed by atoms with van der Waals surface area (Å²) < 4.78 is 29.0. The third-order valence-corrected chi connectivity index (χ3v) is 5.62. The Morgan fingerprint density at radius 1 is 1.23 bits per heavy atom. The molecule has 2 aliphatic rings. The number of alkyl carbamates (subject to hydrolysis) is 1. The van der Waals surface area contributed by atoms with Crippen LogP contribution in [-0.2, 0) is 14.2 Å². The first-order chi connectivity index (χ1) is 13.9. The molecule has 1 aromatic rings. The van der Waals surface area contributed by atoms with E-state index in [0.717, 1.165) is 0 Å². The number of rotatable bonds is 3. The number of ether oxygens (including phenoxy) is 5. The Morgan fingerprint density at radius 2 is 1.90 bits per heavy atom. The van der Waals surface area contributed by atoms with Gasteiger partial charge < -0.3 is 29.0 Å². The Bertz CT molecular complexity index is 843. The summed E-state index contributed by atoms with van der Waals surface area (Å²) in [6.07, 6.45) is 0.493. The van der Waals surface area contributed by atoms with E-state index in [1.807, 2.05) is 27.7 Å². The number of hydrogen-bond acceptors (Lipinski definition) is 7. The van der Waals surface area contributed by atoms with Gasteiger partial charge in [0.05, 0.1) is 29.8 Å². The number of carbonyl (C=O) groups excluding carboxylic acids is 2. The number of methoxy groups -OCH3 is 1. The minimum Gasteiger partial charge on any atom is -0.465 e. The van der Waals surface area contributed by atoms with Gasteiger partial charge in [0.25, 0.3) is 5.79 Å². The maximum Gasteiger partial charge on any atom is 0.407 e. The second kappa shape index (κ2) is 8.26. The van der Waals surface area contributed by atoms with Gasteiger partial charge in [-0.2, -0.15) is 0 Å². The van der Waals surface area contributed by atoms with Crippen LogP contribution in [-0.4, -0.2) is 49.3 Å². The van der Waals surface area contributed by atoms with E-state index in [9.17, 15) is 9.59 Å². The van der Waals surface area contributed by atoms with Gasteiger partial charge in [0, 0.05) is 12.5 Å². The number of amides is 1. The Balaban J connectivity index is 1.67. The van der Waals surface area contributed by atoms with Crippen LogP contribution in [0.1, 0.15) is 56.5 Å². The molecule has 0 bridgehead atoms. The molecular formula is C21H28BrNO7. The fraction of sp³-hybridized carbons (Fsp3) is 0.619. The average Bonchev–Trinajstić information content (AvgIpc) is 3.03. The minimum atomic E-state index is -1.05. The normalized spacial score (nSPS) is 25.6. The molecule has 3 rings (SSSR count). The molecule has 0 aromatic heterocycles. The standard InChI is InChI=1S/C21H28BrNO7/c1-11-13(18(24)26-6)9-14(22)17-16(11)28-21(5,29-17)15-8-7-12(10-27-15)23-19(25)30-20(2,3)4/h9,12,15H,7-8,10H2,1-6H3,(H,23,25)/t12-,15+,21?/m1/s1. The quantitative estimate of drug-likeness (QED) is 0.643. The molecular weight excluding hydrogens is 458 g/mol. The fourth-order valence-electron chi connectivity index (χ4n) is 3.55. The van der Waals surface area contributed by atoms with Crippen molar-refractivity contribution in [3.8, 4) is 11.5 Å². The highest BCUT2D eigenvalue weighted by atomic mass is 79.9. The monoisotopic (exact) mass is 485 g/mol. The van der Waals surface area contributed by atoms with E-state index in [1.54, 1.807) is 13.0 Å². The highest BCUT2D eigenvalue weighted by molar-refractivity contribution is 9.10. The molecule has 1 saturated heterocycles. The lowest BCUT2D eigenvalue weighted by Gasteiger charge is -2.37. The fourth-order valence-corrected chi connectivity index (χ4v) is 4.04. The van der Waals surface area contributed by atoms with Crippen molar-refractivity contribution in [2.75, 3.05) is 13.7 Å². The average molecular weight is 486 g/mol. The first-order valence-corrected chi connectivity index (χ1v) is 10.6. The van der Waals surface area contributed by atoms with E-state index >= 15 is 0 Å². The first-order valence-electron chi connectivity index (χ1n) is 9.84. The molecule has 0 saturated carbocycles. The zero-order valence-electron chi connectivity index (χ0n) is 18.1. The van der Waals surface area contributed by atoms with Crippen molar-refractivity contribution in [1.29, 1.82) is 0 Å². The topological polar surface area (TPSA) is 92.3 Å². The van der Waals surface area contributed by atoms with Crippen molar-refractivity contribution < 1.29 is 33.3 Å². The molecule has 8 nitrogen and oxygen atoms in total. The smallest absolute Gasteiger partial charge is 0.407 e. The summed E-state index contributed by atoms with van der Waals surface area (Å²) in [5.74, 6) is -0.482. The third-order valence-electron chi connectivity index (χ3n) is 5.04. The summed E-state index contributed by atoms with van der Waals surface area (Å²) in [5, 5.41) is 2.83. The number of benzene rings is 1.